The number of benzene rings is 3. The molecule has 0 radical (unpaired) electrons. The third-order valence-corrected chi connectivity index (χ3v) is 4.90. The first-order valence-electron chi connectivity index (χ1n) is 9.68. The van der Waals surface area contributed by atoms with Gasteiger partial charge in [0.15, 0.2) is 11.5 Å². The van der Waals surface area contributed by atoms with Crippen LogP contribution in [0.5, 0.6) is 11.5 Å². The molecule has 3 aromatic carbocycles. The topological polar surface area (TPSA) is 65.4 Å². The molecule has 0 saturated heterocycles. The second-order valence-corrected chi connectivity index (χ2v) is 6.88. The molecule has 1 N–H and O–H groups in total. The summed E-state index contributed by atoms with van der Waals surface area (Å²) in [6, 6.07) is 23.1. The standard InChI is InChI=1S/C24H23N3O3/c1-29-21-13-12-17(14-22(21)30-2)15-23-26-19-10-6-7-11-20(19)27(23)16-24(28)25-18-8-4-3-5-9-18/h3-14H,15-16H2,1-2H3,(H,25,28). The Morgan fingerprint density at radius 1 is 0.933 bits per heavy atom. The van der Waals surface area contributed by atoms with Gasteiger partial charge in [-0.1, -0.05) is 36.4 Å². The van der Waals surface area contributed by atoms with Gasteiger partial charge >= 0.3 is 0 Å². The normalized spacial score (nSPS) is 10.7. The maximum absolute atomic E-state index is 12.7. The highest BCUT2D eigenvalue weighted by molar-refractivity contribution is 5.91. The van der Waals surface area contributed by atoms with Crippen molar-refractivity contribution >= 4 is 22.6 Å². The third-order valence-electron chi connectivity index (χ3n) is 4.90. The Hall–Kier alpha value is -3.80. The van der Waals surface area contributed by atoms with Crippen molar-refractivity contribution in [2.75, 3.05) is 19.5 Å². The number of methoxy groups -OCH3 is 2. The molecule has 0 atom stereocenters. The summed E-state index contributed by atoms with van der Waals surface area (Å²) in [5, 5.41) is 2.95. The van der Waals surface area contributed by atoms with Crippen molar-refractivity contribution in [2.24, 2.45) is 0 Å². The molecule has 30 heavy (non-hydrogen) atoms. The van der Waals surface area contributed by atoms with Crippen LogP contribution in [-0.2, 0) is 17.8 Å². The lowest BCUT2D eigenvalue weighted by Gasteiger charge is -2.12. The lowest BCUT2D eigenvalue weighted by atomic mass is 10.1. The van der Waals surface area contributed by atoms with Crippen LogP contribution in [0.1, 0.15) is 11.4 Å². The van der Waals surface area contributed by atoms with E-state index in [-0.39, 0.29) is 12.5 Å². The molecule has 0 bridgehead atoms. The number of carbonyl (C=O) groups excluding carboxylic acids is 1. The summed E-state index contributed by atoms with van der Waals surface area (Å²) < 4.78 is 12.7. The number of carbonyl (C=O) groups is 1. The molecule has 0 aliphatic heterocycles. The van der Waals surface area contributed by atoms with Crippen molar-refractivity contribution in [3.8, 4) is 11.5 Å². The molecule has 0 aliphatic carbocycles. The molecule has 1 amide bonds. The predicted molar refractivity (Wildman–Crippen MR) is 117 cm³/mol. The Morgan fingerprint density at radius 3 is 2.43 bits per heavy atom. The quantitative estimate of drug-likeness (QED) is 0.502. The highest BCUT2D eigenvalue weighted by atomic mass is 16.5. The maximum Gasteiger partial charge on any atom is 0.244 e. The van der Waals surface area contributed by atoms with Crippen LogP contribution in [-0.4, -0.2) is 29.7 Å². The van der Waals surface area contributed by atoms with Gasteiger partial charge in [0.25, 0.3) is 0 Å². The van der Waals surface area contributed by atoms with Gasteiger partial charge in [0.2, 0.25) is 5.91 Å². The Kier molecular flexibility index (Phi) is 5.66. The minimum absolute atomic E-state index is 0.0992. The summed E-state index contributed by atoms with van der Waals surface area (Å²) in [6.07, 6.45) is 0.563. The van der Waals surface area contributed by atoms with Gasteiger partial charge in [0, 0.05) is 12.1 Å². The average molecular weight is 401 g/mol. The first-order valence-corrected chi connectivity index (χ1v) is 9.68. The summed E-state index contributed by atoms with van der Waals surface area (Å²) >= 11 is 0. The van der Waals surface area contributed by atoms with E-state index in [1.165, 1.54) is 0 Å². The number of hydrogen-bond acceptors (Lipinski definition) is 4. The number of amides is 1. The van der Waals surface area contributed by atoms with Crippen molar-refractivity contribution in [2.45, 2.75) is 13.0 Å². The van der Waals surface area contributed by atoms with E-state index >= 15 is 0 Å². The van der Waals surface area contributed by atoms with Crippen LogP contribution in [0.15, 0.2) is 72.8 Å². The molecule has 6 nitrogen and oxygen atoms in total. The van der Waals surface area contributed by atoms with Crippen molar-refractivity contribution < 1.29 is 14.3 Å². The maximum atomic E-state index is 12.7. The summed E-state index contributed by atoms with van der Waals surface area (Å²) in [4.78, 5) is 17.5. The zero-order valence-corrected chi connectivity index (χ0v) is 17.0. The van der Waals surface area contributed by atoms with Gasteiger partial charge < -0.3 is 19.4 Å². The Morgan fingerprint density at radius 2 is 1.67 bits per heavy atom. The number of anilines is 1. The Labute approximate surface area is 175 Å². The fourth-order valence-corrected chi connectivity index (χ4v) is 3.48. The van der Waals surface area contributed by atoms with E-state index < -0.39 is 0 Å². The number of ether oxygens (including phenoxy) is 2. The number of aromatic nitrogens is 2. The number of para-hydroxylation sites is 3. The second-order valence-electron chi connectivity index (χ2n) is 6.88. The van der Waals surface area contributed by atoms with Gasteiger partial charge in [0.1, 0.15) is 12.4 Å². The van der Waals surface area contributed by atoms with Crippen LogP contribution in [0.3, 0.4) is 0 Å². The Bertz CT molecular complexity index is 1170. The van der Waals surface area contributed by atoms with Crippen LogP contribution >= 0.6 is 0 Å². The summed E-state index contributed by atoms with van der Waals surface area (Å²) in [5.74, 6) is 2.06. The van der Waals surface area contributed by atoms with E-state index in [1.807, 2.05) is 77.4 Å². The molecule has 0 spiro atoms. The molecule has 0 fully saturated rings. The van der Waals surface area contributed by atoms with Gasteiger partial charge in [-0.15, -0.1) is 0 Å². The van der Waals surface area contributed by atoms with Gasteiger partial charge in [-0.05, 0) is 42.0 Å². The number of nitrogens with one attached hydrogen (secondary N) is 1. The fourth-order valence-electron chi connectivity index (χ4n) is 3.48. The molecule has 1 aromatic heterocycles. The lowest BCUT2D eigenvalue weighted by Crippen LogP contribution is -2.20. The first kappa shape index (κ1) is 19.5. The largest absolute Gasteiger partial charge is 0.493 e. The van der Waals surface area contributed by atoms with Crippen molar-refractivity contribution in [3.63, 3.8) is 0 Å². The number of imidazole rings is 1. The second kappa shape index (κ2) is 8.69. The molecule has 0 aliphatic rings. The number of hydrogen-bond donors (Lipinski definition) is 1. The number of rotatable bonds is 7. The molecule has 6 heteroatoms. The molecule has 0 saturated carbocycles. The van der Waals surface area contributed by atoms with E-state index in [2.05, 4.69) is 5.32 Å². The summed E-state index contributed by atoms with van der Waals surface area (Å²) in [7, 11) is 3.23. The summed E-state index contributed by atoms with van der Waals surface area (Å²) in [5.41, 5.74) is 3.58. The van der Waals surface area contributed by atoms with Crippen molar-refractivity contribution in [3.05, 3.63) is 84.2 Å². The van der Waals surface area contributed by atoms with E-state index in [0.717, 1.165) is 28.1 Å². The fraction of sp³-hybridized carbons (Fsp3) is 0.167. The zero-order valence-electron chi connectivity index (χ0n) is 17.0. The molecule has 152 valence electrons. The van der Waals surface area contributed by atoms with Gasteiger partial charge in [-0.3, -0.25) is 4.79 Å². The SMILES string of the molecule is COc1ccc(Cc2nc3ccccc3n2CC(=O)Nc2ccccc2)cc1OC. The average Bonchev–Trinajstić information content (AvgIpc) is 3.11. The van der Waals surface area contributed by atoms with E-state index in [4.69, 9.17) is 14.5 Å². The smallest absolute Gasteiger partial charge is 0.244 e. The molecule has 4 aromatic rings. The van der Waals surface area contributed by atoms with Crippen LogP contribution in [0.2, 0.25) is 0 Å². The minimum atomic E-state index is -0.0992. The molecule has 1 heterocycles. The molecule has 0 unspecified atom stereocenters. The van der Waals surface area contributed by atoms with E-state index in [0.29, 0.717) is 17.9 Å². The van der Waals surface area contributed by atoms with Gasteiger partial charge in [0.05, 0.1) is 25.3 Å². The monoisotopic (exact) mass is 401 g/mol. The van der Waals surface area contributed by atoms with Crippen LogP contribution in [0.4, 0.5) is 5.69 Å². The third kappa shape index (κ3) is 4.12. The Balaban J connectivity index is 1.64. The number of nitrogens with zero attached hydrogens (tertiary/aromatic N) is 2. The van der Waals surface area contributed by atoms with E-state index in [1.54, 1.807) is 14.2 Å². The van der Waals surface area contributed by atoms with Gasteiger partial charge in [-0.25, -0.2) is 4.98 Å². The van der Waals surface area contributed by atoms with Crippen LogP contribution in [0.25, 0.3) is 11.0 Å². The van der Waals surface area contributed by atoms with Crippen LogP contribution in [0, 0.1) is 0 Å². The first-order chi connectivity index (χ1) is 14.7. The van der Waals surface area contributed by atoms with E-state index in [9.17, 15) is 4.79 Å². The van der Waals surface area contributed by atoms with Crippen LogP contribution < -0.4 is 14.8 Å². The summed E-state index contributed by atoms with van der Waals surface area (Å²) in [6.45, 7) is 0.179. The minimum Gasteiger partial charge on any atom is -0.493 e. The zero-order chi connectivity index (χ0) is 20.9. The van der Waals surface area contributed by atoms with Gasteiger partial charge in [-0.2, -0.15) is 0 Å². The highest BCUT2D eigenvalue weighted by Gasteiger charge is 2.15. The molecule has 4 rings (SSSR count). The lowest BCUT2D eigenvalue weighted by molar-refractivity contribution is -0.116. The molecular formula is C24H23N3O3. The highest BCUT2D eigenvalue weighted by Crippen LogP contribution is 2.29. The van der Waals surface area contributed by atoms with Crippen molar-refractivity contribution in [1.82, 2.24) is 9.55 Å². The molecular weight excluding hydrogens is 378 g/mol. The number of fused-ring (bicyclic) bond motifs is 1. The predicted octanol–water partition coefficient (Wildman–Crippen LogP) is 4.28. The van der Waals surface area contributed by atoms with Crippen molar-refractivity contribution in [1.29, 1.82) is 0 Å².